The Morgan fingerprint density at radius 2 is 2.27 bits per heavy atom. The topological polar surface area (TPSA) is 90.1 Å². The van der Waals surface area contributed by atoms with Crippen LogP contribution in [0.2, 0.25) is 5.02 Å². The summed E-state index contributed by atoms with van der Waals surface area (Å²) < 4.78 is 1.44. The molecule has 1 heterocycles. The zero-order valence-corrected chi connectivity index (χ0v) is 12.9. The molecule has 0 saturated heterocycles. The van der Waals surface area contributed by atoms with Crippen molar-refractivity contribution in [1.29, 1.82) is 0 Å². The smallest absolute Gasteiger partial charge is 0.293 e. The van der Waals surface area contributed by atoms with E-state index in [0.29, 0.717) is 11.4 Å². The molecular formula is C14H15ClN4O3. The lowest BCUT2D eigenvalue weighted by molar-refractivity contribution is -0.384. The molecule has 1 atom stereocenters. The maximum Gasteiger partial charge on any atom is 0.293 e. The van der Waals surface area contributed by atoms with E-state index in [4.69, 9.17) is 11.6 Å². The Kier molecular flexibility index (Phi) is 4.77. The molecule has 0 spiro atoms. The number of nitro benzene ring substituents is 1. The number of hydrogen-bond acceptors (Lipinski definition) is 4. The minimum atomic E-state index is -0.589. The number of aromatic nitrogens is 2. The minimum Gasteiger partial charge on any atom is -0.318 e. The molecule has 0 saturated carbocycles. The van der Waals surface area contributed by atoms with Crippen LogP contribution in [0.25, 0.3) is 0 Å². The van der Waals surface area contributed by atoms with Gasteiger partial charge in [-0.05, 0) is 25.0 Å². The maximum absolute atomic E-state index is 12.4. The van der Waals surface area contributed by atoms with E-state index in [1.165, 1.54) is 23.0 Å². The molecule has 1 aromatic heterocycles. The first-order chi connectivity index (χ1) is 10.4. The van der Waals surface area contributed by atoms with Gasteiger partial charge in [0.15, 0.2) is 0 Å². The first kappa shape index (κ1) is 16.0. The van der Waals surface area contributed by atoms with Gasteiger partial charge in [0.05, 0.1) is 16.1 Å². The van der Waals surface area contributed by atoms with Crippen molar-refractivity contribution >= 4 is 28.9 Å². The summed E-state index contributed by atoms with van der Waals surface area (Å²) in [5.41, 5.74) is 0.773. The number of nitro groups is 1. The van der Waals surface area contributed by atoms with Crippen molar-refractivity contribution in [2.45, 2.75) is 26.3 Å². The van der Waals surface area contributed by atoms with Crippen molar-refractivity contribution in [1.82, 2.24) is 9.78 Å². The number of hydrogen-bond donors (Lipinski definition) is 1. The number of nitrogens with zero attached hydrogens (tertiary/aromatic N) is 3. The number of aryl methyl sites for hydroxylation is 1. The molecule has 2 aromatic rings. The summed E-state index contributed by atoms with van der Waals surface area (Å²) in [6.07, 6.45) is 3.45. The predicted molar refractivity (Wildman–Crippen MR) is 83.0 cm³/mol. The Bertz CT molecular complexity index is 714. The number of carbonyl (C=O) groups excluding carboxylic acids is 1. The quantitative estimate of drug-likeness (QED) is 0.675. The third-order valence-electron chi connectivity index (χ3n) is 3.19. The van der Waals surface area contributed by atoms with Crippen LogP contribution in [0.5, 0.6) is 0 Å². The molecule has 1 unspecified atom stereocenters. The first-order valence-corrected chi connectivity index (χ1v) is 7.05. The van der Waals surface area contributed by atoms with Crippen LogP contribution in [0.1, 0.15) is 24.9 Å². The van der Waals surface area contributed by atoms with Crippen molar-refractivity contribution in [3.8, 4) is 0 Å². The summed E-state index contributed by atoms with van der Waals surface area (Å²) in [4.78, 5) is 22.9. The highest BCUT2D eigenvalue weighted by Crippen LogP contribution is 2.26. The molecule has 116 valence electrons. The lowest BCUT2D eigenvalue weighted by atomic mass is 10.1. The third kappa shape index (κ3) is 3.43. The normalized spacial score (nSPS) is 12.0. The summed E-state index contributed by atoms with van der Waals surface area (Å²) in [7, 11) is 0. The van der Waals surface area contributed by atoms with Crippen LogP contribution in [0.15, 0.2) is 30.6 Å². The molecule has 0 radical (unpaired) electrons. The van der Waals surface area contributed by atoms with Gasteiger partial charge in [0, 0.05) is 12.3 Å². The zero-order valence-electron chi connectivity index (χ0n) is 12.1. The summed E-state index contributed by atoms with van der Waals surface area (Å²) in [5.74, 6) is -0.380. The molecule has 0 bridgehead atoms. The molecule has 1 aromatic carbocycles. The maximum atomic E-state index is 12.4. The van der Waals surface area contributed by atoms with Gasteiger partial charge in [0.2, 0.25) is 5.91 Å². The van der Waals surface area contributed by atoms with Gasteiger partial charge in [-0.2, -0.15) is 5.10 Å². The van der Waals surface area contributed by atoms with E-state index >= 15 is 0 Å². The van der Waals surface area contributed by atoms with E-state index in [1.54, 1.807) is 19.2 Å². The molecule has 0 aliphatic rings. The SMILES string of the molecule is CCC(C(=O)Nc1ccc(C)cc1[N+](=O)[O-])n1cc(Cl)cn1. The molecule has 0 aliphatic carbocycles. The summed E-state index contributed by atoms with van der Waals surface area (Å²) in [5, 5.41) is 18.1. The third-order valence-corrected chi connectivity index (χ3v) is 3.38. The van der Waals surface area contributed by atoms with Crippen LogP contribution in [0.4, 0.5) is 11.4 Å². The standard InChI is InChI=1S/C14H15ClN4O3/c1-3-12(18-8-10(15)7-16-18)14(20)17-11-5-4-9(2)6-13(11)19(21)22/h4-8,12H,3H2,1-2H3,(H,17,20). The second-order valence-corrected chi connectivity index (χ2v) is 5.27. The van der Waals surface area contributed by atoms with Crippen molar-refractivity contribution < 1.29 is 9.72 Å². The van der Waals surface area contributed by atoms with Crippen LogP contribution in [0, 0.1) is 17.0 Å². The average Bonchev–Trinajstić information content (AvgIpc) is 2.87. The van der Waals surface area contributed by atoms with E-state index in [1.807, 2.05) is 6.92 Å². The molecule has 8 heteroatoms. The Labute approximate surface area is 132 Å². The summed E-state index contributed by atoms with van der Waals surface area (Å²) in [6, 6.07) is 4.05. The number of nitrogens with one attached hydrogen (secondary N) is 1. The predicted octanol–water partition coefficient (Wildman–Crippen LogP) is 3.34. The van der Waals surface area contributed by atoms with Gasteiger partial charge in [-0.3, -0.25) is 19.6 Å². The lowest BCUT2D eigenvalue weighted by Crippen LogP contribution is -2.26. The molecule has 0 aliphatic heterocycles. The van der Waals surface area contributed by atoms with E-state index < -0.39 is 11.0 Å². The van der Waals surface area contributed by atoms with Crippen molar-refractivity contribution in [3.05, 3.63) is 51.3 Å². The van der Waals surface area contributed by atoms with E-state index in [-0.39, 0.29) is 17.3 Å². The number of rotatable bonds is 5. The first-order valence-electron chi connectivity index (χ1n) is 6.68. The lowest BCUT2D eigenvalue weighted by Gasteiger charge is -2.15. The van der Waals surface area contributed by atoms with Crippen LogP contribution in [-0.4, -0.2) is 20.6 Å². The van der Waals surface area contributed by atoms with E-state index in [2.05, 4.69) is 10.4 Å². The highest BCUT2D eigenvalue weighted by molar-refractivity contribution is 6.30. The Morgan fingerprint density at radius 3 is 2.82 bits per heavy atom. The van der Waals surface area contributed by atoms with Gasteiger partial charge in [0.1, 0.15) is 11.7 Å². The van der Waals surface area contributed by atoms with Crippen LogP contribution >= 0.6 is 11.6 Å². The highest BCUT2D eigenvalue weighted by atomic mass is 35.5. The van der Waals surface area contributed by atoms with E-state index in [9.17, 15) is 14.9 Å². The van der Waals surface area contributed by atoms with Gasteiger partial charge in [-0.15, -0.1) is 0 Å². The van der Waals surface area contributed by atoms with Gasteiger partial charge >= 0.3 is 0 Å². The number of anilines is 1. The minimum absolute atomic E-state index is 0.137. The second kappa shape index (κ2) is 6.57. The number of amides is 1. The fourth-order valence-corrected chi connectivity index (χ4v) is 2.24. The van der Waals surface area contributed by atoms with Crippen LogP contribution in [-0.2, 0) is 4.79 Å². The zero-order chi connectivity index (χ0) is 16.3. The monoisotopic (exact) mass is 322 g/mol. The Hall–Kier alpha value is -2.41. The molecule has 22 heavy (non-hydrogen) atoms. The van der Waals surface area contributed by atoms with Crippen LogP contribution in [0.3, 0.4) is 0 Å². The van der Waals surface area contributed by atoms with Gasteiger partial charge < -0.3 is 5.32 Å². The van der Waals surface area contributed by atoms with Gasteiger partial charge in [0.25, 0.3) is 5.69 Å². The molecule has 1 N–H and O–H groups in total. The molecule has 7 nitrogen and oxygen atoms in total. The molecule has 2 rings (SSSR count). The van der Waals surface area contributed by atoms with Crippen molar-refractivity contribution in [2.24, 2.45) is 0 Å². The largest absolute Gasteiger partial charge is 0.318 e. The van der Waals surface area contributed by atoms with E-state index in [0.717, 1.165) is 5.56 Å². The number of benzene rings is 1. The number of halogens is 1. The molecule has 1 amide bonds. The molecule has 0 fully saturated rings. The Balaban J connectivity index is 2.26. The Morgan fingerprint density at radius 1 is 1.55 bits per heavy atom. The number of carbonyl (C=O) groups is 1. The highest BCUT2D eigenvalue weighted by Gasteiger charge is 2.23. The van der Waals surface area contributed by atoms with Gasteiger partial charge in [-0.1, -0.05) is 24.6 Å². The fourth-order valence-electron chi connectivity index (χ4n) is 2.09. The molecular weight excluding hydrogens is 308 g/mol. The summed E-state index contributed by atoms with van der Waals surface area (Å²) in [6.45, 7) is 3.57. The average molecular weight is 323 g/mol. The van der Waals surface area contributed by atoms with Crippen LogP contribution < -0.4 is 5.32 Å². The van der Waals surface area contributed by atoms with Gasteiger partial charge in [-0.25, -0.2) is 0 Å². The fraction of sp³-hybridized carbons (Fsp3) is 0.286. The summed E-state index contributed by atoms with van der Waals surface area (Å²) >= 11 is 5.81. The van der Waals surface area contributed by atoms with Crippen molar-refractivity contribution in [3.63, 3.8) is 0 Å². The second-order valence-electron chi connectivity index (χ2n) is 4.83. The van der Waals surface area contributed by atoms with Crippen molar-refractivity contribution in [2.75, 3.05) is 5.32 Å².